The number of ether oxygens (including phenoxy) is 1. The molecule has 1 aromatic rings. The predicted octanol–water partition coefficient (Wildman–Crippen LogP) is 3.95. The van der Waals surface area contributed by atoms with Crippen molar-refractivity contribution in [3.8, 4) is 5.75 Å². The zero-order valence-corrected chi connectivity index (χ0v) is 13.8. The Balaban J connectivity index is 1.76. The van der Waals surface area contributed by atoms with Gasteiger partial charge in [-0.3, -0.25) is 0 Å². The third-order valence-electron chi connectivity index (χ3n) is 4.28. The Bertz CT molecular complexity index is 459. The number of carbonyl (C=O) groups is 1. The molecule has 0 spiro atoms. The van der Waals surface area contributed by atoms with E-state index in [4.69, 9.17) is 4.74 Å². The Labute approximate surface area is 133 Å². The standard InChI is InChI=1S/C18H28N2O2/c1-3-7-15-9-11-17(12-10-15)22-14-19-18(21)20-13-6-5-8-16(20)4-2/h9-12,16H,3-8,13-14H2,1-2H3,(H,19,21). The van der Waals surface area contributed by atoms with Gasteiger partial charge in [-0.1, -0.05) is 32.4 Å². The van der Waals surface area contributed by atoms with Crippen LogP contribution in [0.3, 0.4) is 0 Å². The van der Waals surface area contributed by atoms with Crippen molar-refractivity contribution in [2.45, 2.75) is 58.4 Å². The SMILES string of the molecule is CCCc1ccc(OCNC(=O)N2CCCCC2CC)cc1. The molecule has 122 valence electrons. The van der Waals surface area contributed by atoms with Gasteiger partial charge in [0.15, 0.2) is 6.73 Å². The summed E-state index contributed by atoms with van der Waals surface area (Å²) in [6.07, 6.45) is 6.69. The largest absolute Gasteiger partial charge is 0.473 e. The number of nitrogens with one attached hydrogen (secondary N) is 1. The van der Waals surface area contributed by atoms with E-state index in [1.807, 2.05) is 17.0 Å². The zero-order valence-electron chi connectivity index (χ0n) is 13.8. The maximum absolute atomic E-state index is 12.2. The van der Waals surface area contributed by atoms with Crippen molar-refractivity contribution in [1.29, 1.82) is 0 Å². The number of benzene rings is 1. The predicted molar refractivity (Wildman–Crippen MR) is 89.1 cm³/mol. The third-order valence-corrected chi connectivity index (χ3v) is 4.28. The van der Waals surface area contributed by atoms with Gasteiger partial charge in [0.25, 0.3) is 0 Å². The molecule has 2 rings (SSSR count). The highest BCUT2D eigenvalue weighted by atomic mass is 16.5. The summed E-state index contributed by atoms with van der Waals surface area (Å²) in [5.41, 5.74) is 1.32. The molecule has 0 aromatic heterocycles. The monoisotopic (exact) mass is 304 g/mol. The van der Waals surface area contributed by atoms with E-state index in [0.29, 0.717) is 6.04 Å². The fraction of sp³-hybridized carbons (Fsp3) is 0.611. The second-order valence-corrected chi connectivity index (χ2v) is 5.92. The van der Waals surface area contributed by atoms with Crippen LogP contribution in [0.1, 0.15) is 51.5 Å². The Kier molecular flexibility index (Phi) is 6.56. The van der Waals surface area contributed by atoms with Crippen LogP contribution in [0.15, 0.2) is 24.3 Å². The molecule has 1 fully saturated rings. The lowest BCUT2D eigenvalue weighted by atomic mass is 10.0. The van der Waals surface area contributed by atoms with Gasteiger partial charge >= 0.3 is 6.03 Å². The van der Waals surface area contributed by atoms with E-state index in [2.05, 4.69) is 31.3 Å². The zero-order chi connectivity index (χ0) is 15.8. The van der Waals surface area contributed by atoms with E-state index in [9.17, 15) is 4.79 Å². The van der Waals surface area contributed by atoms with Crippen LogP contribution in [-0.2, 0) is 6.42 Å². The average molecular weight is 304 g/mol. The fourth-order valence-electron chi connectivity index (χ4n) is 3.02. The molecule has 1 N–H and O–H groups in total. The van der Waals surface area contributed by atoms with Crippen LogP contribution in [0.5, 0.6) is 5.75 Å². The topological polar surface area (TPSA) is 41.6 Å². The first-order valence-electron chi connectivity index (χ1n) is 8.50. The number of piperidine rings is 1. The summed E-state index contributed by atoms with van der Waals surface area (Å²) in [6.45, 7) is 5.39. The van der Waals surface area contributed by atoms with Crippen LogP contribution in [0, 0.1) is 0 Å². The van der Waals surface area contributed by atoms with Crippen molar-refractivity contribution in [2.75, 3.05) is 13.3 Å². The summed E-state index contributed by atoms with van der Waals surface area (Å²) in [7, 11) is 0. The van der Waals surface area contributed by atoms with E-state index < -0.39 is 0 Å². The highest BCUT2D eigenvalue weighted by Crippen LogP contribution is 2.19. The van der Waals surface area contributed by atoms with E-state index in [1.165, 1.54) is 12.0 Å². The maximum atomic E-state index is 12.2. The number of carbonyl (C=O) groups excluding carboxylic acids is 1. The van der Waals surface area contributed by atoms with Crippen molar-refractivity contribution < 1.29 is 9.53 Å². The molecule has 1 aromatic carbocycles. The van der Waals surface area contributed by atoms with Crippen LogP contribution in [0.4, 0.5) is 4.79 Å². The van der Waals surface area contributed by atoms with Crippen molar-refractivity contribution in [3.05, 3.63) is 29.8 Å². The first kappa shape index (κ1) is 16.7. The molecule has 0 saturated carbocycles. The number of nitrogens with zero attached hydrogens (tertiary/aromatic N) is 1. The summed E-state index contributed by atoms with van der Waals surface area (Å²) in [5.74, 6) is 0.797. The highest BCUT2D eigenvalue weighted by Gasteiger charge is 2.24. The van der Waals surface area contributed by atoms with E-state index in [1.54, 1.807) is 0 Å². The minimum atomic E-state index is -0.00541. The average Bonchev–Trinajstić information content (AvgIpc) is 2.56. The summed E-state index contributed by atoms with van der Waals surface area (Å²) < 4.78 is 5.61. The summed E-state index contributed by atoms with van der Waals surface area (Å²) in [5, 5.41) is 2.87. The normalized spacial score (nSPS) is 18.1. The smallest absolute Gasteiger partial charge is 0.320 e. The lowest BCUT2D eigenvalue weighted by Gasteiger charge is -2.35. The van der Waals surface area contributed by atoms with Gasteiger partial charge in [0, 0.05) is 12.6 Å². The number of rotatable bonds is 6. The van der Waals surface area contributed by atoms with Crippen LogP contribution in [0.25, 0.3) is 0 Å². The number of aryl methyl sites for hydroxylation is 1. The van der Waals surface area contributed by atoms with E-state index in [-0.39, 0.29) is 12.8 Å². The van der Waals surface area contributed by atoms with Crippen LogP contribution in [-0.4, -0.2) is 30.2 Å². The highest BCUT2D eigenvalue weighted by molar-refractivity contribution is 5.74. The molecule has 0 aliphatic carbocycles. The lowest BCUT2D eigenvalue weighted by molar-refractivity contribution is 0.141. The molecular weight excluding hydrogens is 276 g/mol. The van der Waals surface area contributed by atoms with Gasteiger partial charge in [0.05, 0.1) is 0 Å². The molecule has 4 nitrogen and oxygen atoms in total. The van der Waals surface area contributed by atoms with Gasteiger partial charge < -0.3 is 15.0 Å². The van der Waals surface area contributed by atoms with Crippen molar-refractivity contribution >= 4 is 6.03 Å². The number of likely N-dealkylation sites (tertiary alicyclic amines) is 1. The Morgan fingerprint density at radius 3 is 2.73 bits per heavy atom. The van der Waals surface area contributed by atoms with Crippen LogP contribution in [0.2, 0.25) is 0 Å². The lowest BCUT2D eigenvalue weighted by Crippen LogP contribution is -2.49. The Morgan fingerprint density at radius 2 is 2.05 bits per heavy atom. The van der Waals surface area contributed by atoms with Crippen molar-refractivity contribution in [1.82, 2.24) is 10.2 Å². The van der Waals surface area contributed by atoms with Crippen LogP contribution < -0.4 is 10.1 Å². The second-order valence-electron chi connectivity index (χ2n) is 5.92. The first-order valence-corrected chi connectivity index (χ1v) is 8.50. The minimum Gasteiger partial charge on any atom is -0.473 e. The molecule has 1 saturated heterocycles. The van der Waals surface area contributed by atoms with Gasteiger partial charge in [0.2, 0.25) is 0 Å². The minimum absolute atomic E-state index is 0.00541. The summed E-state index contributed by atoms with van der Waals surface area (Å²) >= 11 is 0. The van der Waals surface area contributed by atoms with Gasteiger partial charge in [-0.25, -0.2) is 4.79 Å². The van der Waals surface area contributed by atoms with Gasteiger partial charge in [-0.15, -0.1) is 0 Å². The van der Waals surface area contributed by atoms with E-state index >= 15 is 0 Å². The molecule has 22 heavy (non-hydrogen) atoms. The van der Waals surface area contributed by atoms with Gasteiger partial charge in [-0.2, -0.15) is 0 Å². The fourth-order valence-corrected chi connectivity index (χ4v) is 3.02. The molecule has 1 heterocycles. The molecule has 1 unspecified atom stereocenters. The number of hydrogen-bond acceptors (Lipinski definition) is 2. The van der Waals surface area contributed by atoms with Gasteiger partial charge in [-0.05, 0) is 49.8 Å². The molecule has 2 amide bonds. The maximum Gasteiger partial charge on any atom is 0.320 e. The Morgan fingerprint density at radius 1 is 1.27 bits per heavy atom. The second kappa shape index (κ2) is 8.66. The summed E-state index contributed by atoms with van der Waals surface area (Å²) in [4.78, 5) is 14.2. The first-order chi connectivity index (χ1) is 10.7. The van der Waals surface area contributed by atoms with Crippen LogP contribution >= 0.6 is 0 Å². The Hall–Kier alpha value is -1.71. The van der Waals surface area contributed by atoms with Crippen molar-refractivity contribution in [2.24, 2.45) is 0 Å². The number of hydrogen-bond donors (Lipinski definition) is 1. The molecule has 1 aliphatic heterocycles. The number of amides is 2. The molecule has 1 aliphatic rings. The third kappa shape index (κ3) is 4.65. The van der Waals surface area contributed by atoms with Gasteiger partial charge in [0.1, 0.15) is 5.75 Å². The molecule has 0 radical (unpaired) electrons. The number of urea groups is 1. The molecule has 4 heteroatoms. The molecule has 0 bridgehead atoms. The van der Waals surface area contributed by atoms with E-state index in [0.717, 1.165) is 44.4 Å². The quantitative estimate of drug-likeness (QED) is 0.809. The molecular formula is C18H28N2O2. The molecule has 1 atom stereocenters. The summed E-state index contributed by atoms with van der Waals surface area (Å²) in [6, 6.07) is 8.47. The van der Waals surface area contributed by atoms with Crippen molar-refractivity contribution in [3.63, 3.8) is 0 Å².